The first-order valence-electron chi connectivity index (χ1n) is 6.81. The maximum atomic E-state index is 12.7. The van der Waals surface area contributed by atoms with Crippen molar-refractivity contribution in [3.63, 3.8) is 0 Å². The molecule has 112 valence electrons. The molecular formula is C14H21NO4S. The second kappa shape index (κ2) is 5.81. The van der Waals surface area contributed by atoms with Crippen molar-refractivity contribution in [3.8, 4) is 0 Å². The van der Waals surface area contributed by atoms with Crippen LogP contribution in [0, 0.1) is 6.92 Å². The van der Waals surface area contributed by atoms with Gasteiger partial charge < -0.3 is 10.2 Å². The molecule has 1 saturated heterocycles. The van der Waals surface area contributed by atoms with Gasteiger partial charge in [-0.05, 0) is 31.9 Å². The number of hydrogen-bond acceptors (Lipinski definition) is 4. The fourth-order valence-electron chi connectivity index (χ4n) is 2.74. The van der Waals surface area contributed by atoms with Crippen molar-refractivity contribution in [2.24, 2.45) is 0 Å². The SMILES string of the molecule is CCC1CC(O)C(CO)N1S(=O)(=O)c1ccc(C)cc1. The maximum Gasteiger partial charge on any atom is 0.243 e. The first-order chi connectivity index (χ1) is 9.41. The van der Waals surface area contributed by atoms with Gasteiger partial charge in [-0.3, -0.25) is 0 Å². The normalized spacial score (nSPS) is 27.9. The number of aliphatic hydroxyl groups excluding tert-OH is 2. The van der Waals surface area contributed by atoms with E-state index in [0.717, 1.165) is 5.56 Å². The molecule has 2 rings (SSSR count). The molecule has 1 aliphatic rings. The monoisotopic (exact) mass is 299 g/mol. The third kappa shape index (κ3) is 2.61. The smallest absolute Gasteiger partial charge is 0.243 e. The van der Waals surface area contributed by atoms with Gasteiger partial charge in [-0.2, -0.15) is 4.31 Å². The molecule has 2 N–H and O–H groups in total. The molecule has 1 fully saturated rings. The van der Waals surface area contributed by atoms with Crippen molar-refractivity contribution in [2.75, 3.05) is 6.61 Å². The van der Waals surface area contributed by atoms with E-state index in [1.54, 1.807) is 24.3 Å². The highest BCUT2D eigenvalue weighted by Gasteiger charge is 2.46. The third-order valence-corrected chi connectivity index (χ3v) is 5.89. The lowest BCUT2D eigenvalue weighted by atomic mass is 10.1. The van der Waals surface area contributed by atoms with Crippen molar-refractivity contribution < 1.29 is 18.6 Å². The molecule has 1 aliphatic heterocycles. The predicted molar refractivity (Wildman–Crippen MR) is 75.8 cm³/mol. The molecule has 0 saturated carbocycles. The van der Waals surface area contributed by atoms with E-state index in [1.807, 2.05) is 13.8 Å². The molecule has 3 atom stereocenters. The quantitative estimate of drug-likeness (QED) is 0.865. The van der Waals surface area contributed by atoms with Crippen LogP contribution in [0.2, 0.25) is 0 Å². The molecule has 0 amide bonds. The number of aliphatic hydroxyl groups is 2. The molecule has 0 bridgehead atoms. The Morgan fingerprint density at radius 1 is 1.30 bits per heavy atom. The standard InChI is InChI=1S/C14H21NO4S/c1-3-11-8-14(17)13(9-16)15(11)20(18,19)12-6-4-10(2)5-7-12/h4-7,11,13-14,16-17H,3,8-9H2,1-2H3. The number of nitrogens with zero attached hydrogens (tertiary/aromatic N) is 1. The Bertz CT molecular complexity index is 555. The molecule has 1 aromatic rings. The summed E-state index contributed by atoms with van der Waals surface area (Å²) in [5.41, 5.74) is 0.983. The summed E-state index contributed by atoms with van der Waals surface area (Å²) >= 11 is 0. The number of rotatable bonds is 4. The molecule has 0 radical (unpaired) electrons. The van der Waals surface area contributed by atoms with Crippen LogP contribution < -0.4 is 0 Å². The number of sulfonamides is 1. The lowest BCUT2D eigenvalue weighted by Crippen LogP contribution is -2.45. The summed E-state index contributed by atoms with van der Waals surface area (Å²) in [6.45, 7) is 3.40. The largest absolute Gasteiger partial charge is 0.395 e. The van der Waals surface area contributed by atoms with E-state index in [-0.39, 0.29) is 17.5 Å². The molecular weight excluding hydrogens is 278 g/mol. The van der Waals surface area contributed by atoms with Gasteiger partial charge in [0.15, 0.2) is 0 Å². The van der Waals surface area contributed by atoms with E-state index < -0.39 is 22.2 Å². The van der Waals surface area contributed by atoms with Gasteiger partial charge >= 0.3 is 0 Å². The molecule has 0 aromatic heterocycles. The summed E-state index contributed by atoms with van der Waals surface area (Å²) in [5.74, 6) is 0. The Morgan fingerprint density at radius 2 is 1.90 bits per heavy atom. The maximum absolute atomic E-state index is 12.7. The number of benzene rings is 1. The Balaban J connectivity index is 2.43. The van der Waals surface area contributed by atoms with E-state index in [9.17, 15) is 18.6 Å². The van der Waals surface area contributed by atoms with Crippen molar-refractivity contribution in [1.82, 2.24) is 4.31 Å². The van der Waals surface area contributed by atoms with Gasteiger partial charge in [0, 0.05) is 6.04 Å². The average molecular weight is 299 g/mol. The van der Waals surface area contributed by atoms with Crippen molar-refractivity contribution in [1.29, 1.82) is 0 Å². The van der Waals surface area contributed by atoms with Gasteiger partial charge in [-0.25, -0.2) is 8.42 Å². The van der Waals surface area contributed by atoms with Gasteiger partial charge in [-0.15, -0.1) is 0 Å². The van der Waals surface area contributed by atoms with Crippen molar-refractivity contribution in [2.45, 2.75) is 49.8 Å². The topological polar surface area (TPSA) is 77.8 Å². The van der Waals surface area contributed by atoms with Crippen LogP contribution in [0.1, 0.15) is 25.3 Å². The Kier molecular flexibility index (Phi) is 4.49. The van der Waals surface area contributed by atoms with Crippen LogP contribution in [0.3, 0.4) is 0 Å². The van der Waals surface area contributed by atoms with Crippen molar-refractivity contribution >= 4 is 10.0 Å². The van der Waals surface area contributed by atoms with E-state index in [0.29, 0.717) is 12.8 Å². The fraction of sp³-hybridized carbons (Fsp3) is 0.571. The zero-order valence-electron chi connectivity index (χ0n) is 11.7. The lowest BCUT2D eigenvalue weighted by molar-refractivity contribution is 0.0974. The van der Waals surface area contributed by atoms with Crippen molar-refractivity contribution in [3.05, 3.63) is 29.8 Å². The van der Waals surface area contributed by atoms with Gasteiger partial charge in [0.25, 0.3) is 0 Å². The summed E-state index contributed by atoms with van der Waals surface area (Å²) in [4.78, 5) is 0.203. The van der Waals surface area contributed by atoms with E-state index in [1.165, 1.54) is 4.31 Å². The Hall–Kier alpha value is -0.950. The number of aryl methyl sites for hydroxylation is 1. The summed E-state index contributed by atoms with van der Waals surface area (Å²) < 4.78 is 26.7. The molecule has 20 heavy (non-hydrogen) atoms. The fourth-order valence-corrected chi connectivity index (χ4v) is 4.65. The van der Waals surface area contributed by atoms with Gasteiger partial charge in [-0.1, -0.05) is 24.6 Å². The first-order valence-corrected chi connectivity index (χ1v) is 8.25. The van der Waals surface area contributed by atoms with Gasteiger partial charge in [0.2, 0.25) is 10.0 Å². The molecule has 3 unspecified atom stereocenters. The minimum Gasteiger partial charge on any atom is -0.395 e. The lowest BCUT2D eigenvalue weighted by Gasteiger charge is -2.28. The van der Waals surface area contributed by atoms with Gasteiger partial charge in [0.05, 0.1) is 23.6 Å². The second-order valence-corrected chi connectivity index (χ2v) is 7.11. The number of hydrogen-bond donors (Lipinski definition) is 2. The highest BCUT2D eigenvalue weighted by atomic mass is 32.2. The molecule has 0 spiro atoms. The predicted octanol–water partition coefficient (Wildman–Crippen LogP) is 0.890. The minimum atomic E-state index is -3.70. The molecule has 1 aromatic carbocycles. The van der Waals surface area contributed by atoms with Crippen LogP contribution in [0.4, 0.5) is 0 Å². The molecule has 0 aliphatic carbocycles. The zero-order chi connectivity index (χ0) is 14.9. The van der Waals surface area contributed by atoms with E-state index in [2.05, 4.69) is 0 Å². The highest BCUT2D eigenvalue weighted by Crippen LogP contribution is 2.32. The molecule has 1 heterocycles. The summed E-state index contributed by atoms with van der Waals surface area (Å²) in [6.07, 6.45) is 0.163. The van der Waals surface area contributed by atoms with Crippen LogP contribution in [-0.2, 0) is 10.0 Å². The molecule has 6 heteroatoms. The average Bonchev–Trinajstić information content (AvgIpc) is 2.76. The summed E-state index contributed by atoms with van der Waals surface area (Å²) in [6, 6.07) is 5.59. The van der Waals surface area contributed by atoms with E-state index in [4.69, 9.17) is 0 Å². The Morgan fingerprint density at radius 3 is 2.40 bits per heavy atom. The van der Waals surface area contributed by atoms with Crippen LogP contribution in [-0.4, -0.2) is 47.7 Å². The summed E-state index contributed by atoms with van der Waals surface area (Å²) in [5, 5.41) is 19.4. The summed E-state index contributed by atoms with van der Waals surface area (Å²) in [7, 11) is -3.70. The zero-order valence-corrected chi connectivity index (χ0v) is 12.5. The van der Waals surface area contributed by atoms with Crippen LogP contribution >= 0.6 is 0 Å². The Labute approximate surface area is 119 Å². The first kappa shape index (κ1) is 15.4. The molecule has 5 nitrogen and oxygen atoms in total. The highest BCUT2D eigenvalue weighted by molar-refractivity contribution is 7.89. The minimum absolute atomic E-state index is 0.203. The second-order valence-electron chi connectivity index (χ2n) is 5.26. The van der Waals surface area contributed by atoms with Crippen LogP contribution in [0.5, 0.6) is 0 Å². The third-order valence-electron chi connectivity index (χ3n) is 3.90. The van der Waals surface area contributed by atoms with Crippen LogP contribution in [0.25, 0.3) is 0 Å². The van der Waals surface area contributed by atoms with Gasteiger partial charge in [0.1, 0.15) is 0 Å². The van der Waals surface area contributed by atoms with Crippen LogP contribution in [0.15, 0.2) is 29.2 Å². The van der Waals surface area contributed by atoms with E-state index >= 15 is 0 Å².